The van der Waals surface area contributed by atoms with Crippen molar-refractivity contribution in [3.63, 3.8) is 0 Å². The van der Waals surface area contributed by atoms with Crippen molar-refractivity contribution in [2.75, 3.05) is 26.8 Å². The number of rotatable bonds is 8. The predicted molar refractivity (Wildman–Crippen MR) is 111 cm³/mol. The molecule has 0 unspecified atom stereocenters. The summed E-state index contributed by atoms with van der Waals surface area (Å²) < 4.78 is 11.5. The van der Waals surface area contributed by atoms with Crippen molar-refractivity contribution in [1.82, 2.24) is 24.6 Å². The van der Waals surface area contributed by atoms with Gasteiger partial charge in [0.15, 0.2) is 0 Å². The molecule has 3 aromatic rings. The molecule has 1 fully saturated rings. The van der Waals surface area contributed by atoms with Gasteiger partial charge in [0.2, 0.25) is 0 Å². The SMILES string of the molecule is COCCc1ncc(CN2CCC(O)(Cn3nc(-c4cccs4)oc3=O)CC2)cn1. The highest BCUT2D eigenvalue weighted by Crippen LogP contribution is 2.26. The van der Waals surface area contributed by atoms with Crippen LogP contribution in [0.15, 0.2) is 39.1 Å². The Morgan fingerprint density at radius 1 is 1.30 bits per heavy atom. The highest BCUT2D eigenvalue weighted by Gasteiger charge is 2.34. The van der Waals surface area contributed by atoms with E-state index in [0.717, 1.165) is 22.8 Å². The van der Waals surface area contributed by atoms with Gasteiger partial charge in [-0.05, 0) is 24.3 Å². The molecule has 0 bridgehead atoms. The van der Waals surface area contributed by atoms with E-state index in [9.17, 15) is 9.90 Å². The van der Waals surface area contributed by atoms with Gasteiger partial charge >= 0.3 is 5.76 Å². The third-order valence-electron chi connectivity index (χ3n) is 5.26. The predicted octanol–water partition coefficient (Wildman–Crippen LogP) is 1.57. The van der Waals surface area contributed by atoms with Crippen LogP contribution in [-0.2, 0) is 24.2 Å². The molecule has 1 saturated heterocycles. The van der Waals surface area contributed by atoms with Gasteiger partial charge in [0.25, 0.3) is 5.89 Å². The summed E-state index contributed by atoms with van der Waals surface area (Å²) in [6.45, 7) is 2.89. The summed E-state index contributed by atoms with van der Waals surface area (Å²) in [5.41, 5.74) is 0.0552. The van der Waals surface area contributed by atoms with Crippen molar-refractivity contribution in [3.05, 3.63) is 51.8 Å². The van der Waals surface area contributed by atoms with E-state index in [0.29, 0.717) is 44.8 Å². The number of nitrogens with zero attached hydrogens (tertiary/aromatic N) is 5. The van der Waals surface area contributed by atoms with Crippen molar-refractivity contribution >= 4 is 11.3 Å². The number of aromatic nitrogens is 4. The van der Waals surface area contributed by atoms with Gasteiger partial charge in [-0.3, -0.25) is 4.90 Å². The molecule has 0 amide bonds. The fourth-order valence-electron chi connectivity index (χ4n) is 3.51. The topological polar surface area (TPSA) is 107 Å². The third kappa shape index (κ3) is 5.01. The maximum Gasteiger partial charge on any atom is 0.437 e. The first-order chi connectivity index (χ1) is 14.5. The lowest BCUT2D eigenvalue weighted by molar-refractivity contribution is -0.0392. The Kier molecular flexibility index (Phi) is 6.38. The van der Waals surface area contributed by atoms with Gasteiger partial charge < -0.3 is 14.3 Å². The number of methoxy groups -OCH3 is 1. The fraction of sp³-hybridized carbons (Fsp3) is 0.500. The minimum Gasteiger partial charge on any atom is -0.388 e. The number of piperidine rings is 1. The summed E-state index contributed by atoms with van der Waals surface area (Å²) in [5.74, 6) is 0.526. The molecule has 0 spiro atoms. The van der Waals surface area contributed by atoms with Crippen LogP contribution in [0.3, 0.4) is 0 Å². The van der Waals surface area contributed by atoms with Crippen molar-refractivity contribution in [1.29, 1.82) is 0 Å². The maximum absolute atomic E-state index is 12.1. The van der Waals surface area contributed by atoms with Gasteiger partial charge in [0.1, 0.15) is 5.82 Å². The van der Waals surface area contributed by atoms with Gasteiger partial charge in [-0.25, -0.2) is 14.8 Å². The lowest BCUT2D eigenvalue weighted by Gasteiger charge is -2.37. The summed E-state index contributed by atoms with van der Waals surface area (Å²) in [5, 5.41) is 17.1. The highest BCUT2D eigenvalue weighted by molar-refractivity contribution is 7.13. The monoisotopic (exact) mass is 431 g/mol. The Bertz CT molecular complexity index is 991. The molecule has 1 aliphatic heterocycles. The van der Waals surface area contributed by atoms with Gasteiger partial charge in [0.05, 0.1) is 23.6 Å². The van der Waals surface area contributed by atoms with Crippen LogP contribution in [0.4, 0.5) is 0 Å². The van der Waals surface area contributed by atoms with Crippen LogP contribution in [0.1, 0.15) is 24.2 Å². The minimum absolute atomic E-state index is 0.131. The molecule has 30 heavy (non-hydrogen) atoms. The largest absolute Gasteiger partial charge is 0.437 e. The molecular weight excluding hydrogens is 406 g/mol. The Morgan fingerprint density at radius 3 is 2.73 bits per heavy atom. The number of aliphatic hydroxyl groups is 1. The molecule has 3 aromatic heterocycles. The Labute approximate surface area is 178 Å². The first-order valence-corrected chi connectivity index (χ1v) is 10.8. The molecular formula is C20H25N5O4S. The van der Waals surface area contributed by atoms with Gasteiger partial charge in [-0.1, -0.05) is 6.07 Å². The first-order valence-electron chi connectivity index (χ1n) is 9.90. The number of thiophene rings is 1. The van der Waals surface area contributed by atoms with Crippen molar-refractivity contribution in [2.24, 2.45) is 0 Å². The Balaban J connectivity index is 1.32. The van der Waals surface area contributed by atoms with Crippen molar-refractivity contribution < 1.29 is 14.3 Å². The van der Waals surface area contributed by atoms with Crippen LogP contribution in [-0.4, -0.2) is 62.2 Å². The van der Waals surface area contributed by atoms with E-state index < -0.39 is 11.4 Å². The zero-order valence-corrected chi connectivity index (χ0v) is 17.7. The second-order valence-corrected chi connectivity index (χ2v) is 8.51. The van der Waals surface area contributed by atoms with Crippen LogP contribution < -0.4 is 5.76 Å². The summed E-state index contributed by atoms with van der Waals surface area (Å²) in [6.07, 6.45) is 5.49. The van der Waals surface area contributed by atoms with E-state index in [1.54, 1.807) is 7.11 Å². The average Bonchev–Trinajstić information content (AvgIpc) is 3.40. The van der Waals surface area contributed by atoms with Crippen LogP contribution in [0.25, 0.3) is 10.8 Å². The molecule has 1 aliphatic rings. The summed E-state index contributed by atoms with van der Waals surface area (Å²) in [6, 6.07) is 3.72. The maximum atomic E-state index is 12.1. The molecule has 0 radical (unpaired) electrons. The molecule has 160 valence electrons. The zero-order valence-electron chi connectivity index (χ0n) is 16.9. The van der Waals surface area contributed by atoms with E-state index >= 15 is 0 Å². The summed E-state index contributed by atoms with van der Waals surface area (Å²) in [4.78, 5) is 23.9. The number of ether oxygens (including phenoxy) is 1. The summed E-state index contributed by atoms with van der Waals surface area (Å²) >= 11 is 1.45. The van der Waals surface area contributed by atoms with E-state index in [1.807, 2.05) is 29.9 Å². The van der Waals surface area contributed by atoms with Crippen LogP contribution in [0.5, 0.6) is 0 Å². The van der Waals surface area contributed by atoms with Crippen LogP contribution in [0.2, 0.25) is 0 Å². The number of hydrogen-bond donors (Lipinski definition) is 1. The van der Waals surface area contributed by atoms with Crippen LogP contribution in [0, 0.1) is 0 Å². The minimum atomic E-state index is -0.982. The van der Waals surface area contributed by atoms with Gasteiger partial charge in [-0.2, -0.15) is 4.68 Å². The lowest BCUT2D eigenvalue weighted by atomic mass is 9.91. The average molecular weight is 432 g/mol. The normalized spacial score (nSPS) is 16.7. The molecule has 0 aliphatic carbocycles. The third-order valence-corrected chi connectivity index (χ3v) is 6.12. The standard InChI is InChI=1S/C20H25N5O4S/c1-28-9-4-17-21-11-15(12-22-17)13-24-7-5-20(27,6-8-24)14-25-19(26)29-18(23-25)16-3-2-10-30-16/h2-3,10-12,27H,4-9,13-14H2,1H3. The smallest absolute Gasteiger partial charge is 0.388 e. The van der Waals surface area contributed by atoms with Gasteiger partial charge in [0, 0.05) is 51.1 Å². The molecule has 0 atom stereocenters. The van der Waals surface area contributed by atoms with E-state index in [4.69, 9.17) is 9.15 Å². The molecule has 9 nitrogen and oxygen atoms in total. The lowest BCUT2D eigenvalue weighted by Crippen LogP contribution is -2.47. The fourth-order valence-corrected chi connectivity index (χ4v) is 4.16. The number of likely N-dealkylation sites (tertiary alicyclic amines) is 1. The van der Waals surface area contributed by atoms with Crippen molar-refractivity contribution in [2.45, 2.75) is 38.0 Å². The van der Waals surface area contributed by atoms with Gasteiger partial charge in [-0.15, -0.1) is 16.4 Å². The molecule has 1 N–H and O–H groups in total. The molecule has 0 aromatic carbocycles. The summed E-state index contributed by atoms with van der Waals surface area (Å²) in [7, 11) is 1.66. The Morgan fingerprint density at radius 2 is 2.07 bits per heavy atom. The van der Waals surface area contributed by atoms with Crippen molar-refractivity contribution in [3.8, 4) is 10.8 Å². The molecule has 4 heterocycles. The first kappa shape index (κ1) is 20.9. The molecule has 10 heteroatoms. The van der Waals surface area contributed by atoms with E-state index in [1.165, 1.54) is 16.0 Å². The number of hydrogen-bond acceptors (Lipinski definition) is 9. The highest BCUT2D eigenvalue weighted by atomic mass is 32.1. The molecule has 0 saturated carbocycles. The zero-order chi connectivity index (χ0) is 21.0. The Hall–Kier alpha value is -2.40. The second-order valence-electron chi connectivity index (χ2n) is 7.56. The van der Waals surface area contributed by atoms with E-state index in [-0.39, 0.29) is 6.54 Å². The van der Waals surface area contributed by atoms with Crippen LogP contribution >= 0.6 is 11.3 Å². The molecule has 4 rings (SSSR count). The quantitative estimate of drug-likeness (QED) is 0.573. The second kappa shape index (κ2) is 9.17. The van der Waals surface area contributed by atoms with E-state index in [2.05, 4.69) is 20.0 Å².